The highest BCUT2D eigenvalue weighted by molar-refractivity contribution is 7.89. The van der Waals surface area contributed by atoms with Crippen molar-refractivity contribution in [3.05, 3.63) is 25.0 Å². The Labute approximate surface area is 148 Å². The summed E-state index contributed by atoms with van der Waals surface area (Å²) in [6.45, 7) is 7.77. The van der Waals surface area contributed by atoms with E-state index < -0.39 is 22.0 Å². The molecule has 1 unspecified atom stereocenters. The number of nitrogens with zero attached hydrogens (tertiary/aromatic N) is 1. The van der Waals surface area contributed by atoms with E-state index in [0.29, 0.717) is 25.8 Å². The van der Waals surface area contributed by atoms with Gasteiger partial charge in [-0.2, -0.15) is 0 Å². The summed E-state index contributed by atoms with van der Waals surface area (Å²) in [6, 6.07) is 0.327. The molecule has 1 N–H and O–H groups in total. The van der Waals surface area contributed by atoms with Gasteiger partial charge in [-0.15, -0.1) is 0 Å². The van der Waals surface area contributed by atoms with Crippen LogP contribution in [0.15, 0.2) is 21.6 Å². The molecule has 1 amide bonds. The lowest BCUT2D eigenvalue weighted by atomic mass is 10.0. The molecule has 7 nitrogen and oxygen atoms in total. The van der Waals surface area contributed by atoms with Crippen molar-refractivity contribution in [3.63, 3.8) is 0 Å². The molecule has 1 radical (unpaired) electrons. The van der Waals surface area contributed by atoms with E-state index in [2.05, 4.69) is 12.2 Å². The molecule has 0 spiro atoms. The zero-order chi connectivity index (χ0) is 18.6. The zero-order valence-electron chi connectivity index (χ0n) is 14.7. The van der Waals surface area contributed by atoms with Crippen molar-refractivity contribution < 1.29 is 22.4 Å². The van der Waals surface area contributed by atoms with Gasteiger partial charge in [-0.1, -0.05) is 20.3 Å². The first-order valence-electron chi connectivity index (χ1n) is 8.43. The summed E-state index contributed by atoms with van der Waals surface area (Å²) >= 11 is 0. The number of furan rings is 1. The first kappa shape index (κ1) is 19.7. The van der Waals surface area contributed by atoms with Crippen LogP contribution in [0.2, 0.25) is 0 Å². The zero-order valence-corrected chi connectivity index (χ0v) is 15.5. The molecule has 0 aliphatic carbocycles. The molecular formula is C17H25N2O5S. The van der Waals surface area contributed by atoms with Gasteiger partial charge in [0.15, 0.2) is 5.78 Å². The molecular weight excluding hydrogens is 344 g/mol. The number of hydrogen-bond acceptors (Lipinski definition) is 6. The van der Waals surface area contributed by atoms with Crippen LogP contribution in [0.4, 0.5) is 0 Å². The highest BCUT2D eigenvalue weighted by Crippen LogP contribution is 2.27. The number of ketones is 1. The predicted molar refractivity (Wildman–Crippen MR) is 92.1 cm³/mol. The second-order valence-corrected chi connectivity index (χ2v) is 8.22. The lowest BCUT2D eigenvalue weighted by Gasteiger charge is -2.30. The Morgan fingerprint density at radius 3 is 2.84 bits per heavy atom. The van der Waals surface area contributed by atoms with E-state index in [1.54, 1.807) is 0 Å². The molecule has 1 aliphatic heterocycles. The lowest BCUT2D eigenvalue weighted by molar-refractivity contribution is -0.134. The van der Waals surface area contributed by atoms with Crippen molar-refractivity contribution in [1.29, 1.82) is 0 Å². The van der Waals surface area contributed by atoms with Gasteiger partial charge in [0, 0.05) is 6.42 Å². The van der Waals surface area contributed by atoms with Crippen LogP contribution >= 0.6 is 0 Å². The number of Topliss-reactive ketones (excluding diaryl/α,β-unsaturated/α-hetero) is 1. The number of sulfonamides is 1. The van der Waals surface area contributed by atoms with Crippen molar-refractivity contribution >= 4 is 21.7 Å². The van der Waals surface area contributed by atoms with Crippen molar-refractivity contribution in [1.82, 2.24) is 9.62 Å². The van der Waals surface area contributed by atoms with Crippen LogP contribution in [0, 0.1) is 19.8 Å². The van der Waals surface area contributed by atoms with Gasteiger partial charge >= 0.3 is 0 Å². The van der Waals surface area contributed by atoms with Crippen molar-refractivity contribution in [2.24, 2.45) is 5.92 Å². The first-order chi connectivity index (χ1) is 11.8. The van der Waals surface area contributed by atoms with Gasteiger partial charge in [-0.3, -0.25) is 9.59 Å². The fourth-order valence-corrected chi connectivity index (χ4v) is 4.62. The minimum atomic E-state index is -4.17. The summed E-state index contributed by atoms with van der Waals surface area (Å²) in [5, 5.41) is 2.96. The average Bonchev–Trinajstić information content (AvgIpc) is 2.89. The van der Waals surface area contributed by atoms with E-state index in [0.717, 1.165) is 4.31 Å². The Bertz CT molecular complexity index is 725. The van der Waals surface area contributed by atoms with Gasteiger partial charge in [0.1, 0.15) is 16.7 Å². The predicted octanol–water partition coefficient (Wildman–Crippen LogP) is 1.68. The summed E-state index contributed by atoms with van der Waals surface area (Å²) in [6.07, 6.45) is 2.72. The summed E-state index contributed by atoms with van der Waals surface area (Å²) in [7, 11) is -4.17. The Morgan fingerprint density at radius 1 is 1.52 bits per heavy atom. The molecule has 0 saturated carbocycles. The Hall–Kier alpha value is -1.67. The van der Waals surface area contributed by atoms with Gasteiger partial charge in [-0.25, -0.2) is 12.7 Å². The van der Waals surface area contributed by atoms with Crippen LogP contribution in [0.25, 0.3) is 0 Å². The molecule has 1 aromatic rings. The van der Waals surface area contributed by atoms with Crippen LogP contribution in [-0.4, -0.2) is 43.5 Å². The molecule has 2 atom stereocenters. The van der Waals surface area contributed by atoms with Gasteiger partial charge in [0.25, 0.3) is 10.0 Å². The molecule has 1 fully saturated rings. The van der Waals surface area contributed by atoms with E-state index in [4.69, 9.17) is 4.42 Å². The molecule has 139 valence electrons. The molecule has 0 aromatic carbocycles. The fraction of sp³-hybridized carbons (Fsp3) is 0.588. The third kappa shape index (κ3) is 4.30. The molecule has 1 aromatic heterocycles. The SMILES string of the molecule is [CH2]C[C@H](C)CC(=O)N(C1CCCNCC1=O)S(=O)(=O)c1ccoc1C. The maximum absolute atomic E-state index is 13.1. The number of hydrogen-bond donors (Lipinski definition) is 1. The van der Waals surface area contributed by atoms with Crippen molar-refractivity contribution in [2.75, 3.05) is 13.1 Å². The smallest absolute Gasteiger partial charge is 0.270 e. The minimum Gasteiger partial charge on any atom is -0.468 e. The molecule has 1 saturated heterocycles. The lowest BCUT2D eigenvalue weighted by Crippen LogP contribution is -2.49. The number of carbonyl (C=O) groups is 2. The number of aryl methyl sites for hydroxylation is 1. The third-order valence-corrected chi connectivity index (χ3v) is 6.35. The largest absolute Gasteiger partial charge is 0.468 e. The number of rotatable bonds is 6. The molecule has 0 bridgehead atoms. The number of amides is 1. The Morgan fingerprint density at radius 2 is 2.24 bits per heavy atom. The highest BCUT2D eigenvalue weighted by Gasteiger charge is 2.40. The maximum atomic E-state index is 13.1. The summed E-state index contributed by atoms with van der Waals surface area (Å²) in [5.41, 5.74) is 0. The van der Waals surface area contributed by atoms with Crippen molar-refractivity contribution in [3.8, 4) is 0 Å². The third-order valence-electron chi connectivity index (χ3n) is 4.39. The van der Waals surface area contributed by atoms with Gasteiger partial charge in [-0.05, 0) is 38.3 Å². The molecule has 25 heavy (non-hydrogen) atoms. The maximum Gasteiger partial charge on any atom is 0.270 e. The van der Waals surface area contributed by atoms with E-state index in [-0.39, 0.29) is 35.3 Å². The molecule has 2 rings (SSSR count). The van der Waals surface area contributed by atoms with E-state index in [9.17, 15) is 18.0 Å². The fourth-order valence-electron chi connectivity index (χ4n) is 2.87. The standard InChI is InChI=1S/C17H25N2O5S/c1-4-12(2)10-17(21)19(14-6-5-8-18-11-15(14)20)25(22,23)16-7-9-24-13(16)3/h7,9,12,14,18H,1,4-6,8,10-11H2,2-3H3/t12-,14?/m0/s1. The van der Waals surface area contributed by atoms with Gasteiger partial charge in [0.2, 0.25) is 5.91 Å². The summed E-state index contributed by atoms with van der Waals surface area (Å²) in [5.74, 6) is -0.744. The second kappa shape index (κ2) is 8.14. The highest BCUT2D eigenvalue weighted by atomic mass is 32.2. The molecule has 8 heteroatoms. The topological polar surface area (TPSA) is 96.7 Å². The van der Waals surface area contributed by atoms with E-state index >= 15 is 0 Å². The van der Waals surface area contributed by atoms with Gasteiger partial charge < -0.3 is 9.73 Å². The van der Waals surface area contributed by atoms with Crippen LogP contribution in [0.3, 0.4) is 0 Å². The van der Waals surface area contributed by atoms with Crippen molar-refractivity contribution in [2.45, 2.75) is 50.5 Å². The minimum absolute atomic E-state index is 0.0246. The van der Waals surface area contributed by atoms with E-state index in [1.165, 1.54) is 19.3 Å². The normalized spacial score (nSPS) is 20.1. The van der Waals surface area contributed by atoms with Crippen LogP contribution in [-0.2, 0) is 19.6 Å². The average molecular weight is 369 g/mol. The Kier molecular flexibility index (Phi) is 6.40. The number of carbonyl (C=O) groups excluding carboxylic acids is 2. The second-order valence-electron chi connectivity index (χ2n) is 6.43. The molecule has 1 aliphatic rings. The number of nitrogens with one attached hydrogen (secondary N) is 1. The molecule has 2 heterocycles. The monoisotopic (exact) mass is 369 g/mol. The van der Waals surface area contributed by atoms with Crippen LogP contribution in [0.5, 0.6) is 0 Å². The van der Waals surface area contributed by atoms with Crippen LogP contribution < -0.4 is 5.32 Å². The first-order valence-corrected chi connectivity index (χ1v) is 9.87. The van der Waals surface area contributed by atoms with Crippen LogP contribution in [0.1, 0.15) is 38.4 Å². The quantitative estimate of drug-likeness (QED) is 0.819. The Balaban J connectivity index is 2.46. The summed E-state index contributed by atoms with van der Waals surface area (Å²) < 4.78 is 32.2. The van der Waals surface area contributed by atoms with Gasteiger partial charge in [0.05, 0.1) is 12.8 Å². The summed E-state index contributed by atoms with van der Waals surface area (Å²) in [4.78, 5) is 25.2. The van der Waals surface area contributed by atoms with E-state index in [1.807, 2.05) is 6.92 Å².